The average Bonchev–Trinajstić information content (AvgIpc) is 3.26. The zero-order valence-corrected chi connectivity index (χ0v) is 18.5. The van der Waals surface area contributed by atoms with Crippen molar-refractivity contribution < 1.29 is 32.0 Å². The normalized spacial score (nSPS) is 20.3. The van der Waals surface area contributed by atoms with Gasteiger partial charge in [-0.2, -0.15) is 13.2 Å². The van der Waals surface area contributed by atoms with Crippen molar-refractivity contribution in [2.24, 2.45) is 8.80 Å². The van der Waals surface area contributed by atoms with Crippen LogP contribution >= 0.6 is 0 Å². The molecule has 0 radical (unpaired) electrons. The van der Waals surface area contributed by atoms with E-state index in [4.69, 9.17) is 4.74 Å². The van der Waals surface area contributed by atoms with Crippen molar-refractivity contribution in [3.05, 3.63) is 35.1 Å². The third kappa shape index (κ3) is 4.87. The number of anilines is 1. The number of likely N-dealkylation sites (N-methyl/N-ethyl adjacent to an activating group) is 1. The Balaban J connectivity index is 1.89. The average molecular weight is 473 g/mol. The minimum Gasteiger partial charge on any atom is -0.505 e. The molecule has 1 aromatic carbocycles. The SMILES string of the molecule is CC1=CCC(CN(C)C2=NS(=O)N=C2Nc2ccc(C(F)(F)F)c(C(=O)N(C)C)c2O)O1. The first-order chi connectivity index (χ1) is 14.9. The van der Waals surface area contributed by atoms with E-state index in [0.717, 1.165) is 16.7 Å². The molecule has 2 aliphatic heterocycles. The molecule has 13 heteroatoms. The Kier molecular flexibility index (Phi) is 6.49. The van der Waals surface area contributed by atoms with Gasteiger partial charge in [0.15, 0.2) is 17.4 Å². The summed E-state index contributed by atoms with van der Waals surface area (Å²) in [6, 6.07) is 1.66. The van der Waals surface area contributed by atoms with Gasteiger partial charge in [0.05, 0.1) is 29.1 Å². The lowest BCUT2D eigenvalue weighted by atomic mass is 10.0. The van der Waals surface area contributed by atoms with Crippen LogP contribution in [0.2, 0.25) is 0 Å². The molecule has 2 atom stereocenters. The van der Waals surface area contributed by atoms with Crippen LogP contribution < -0.4 is 5.32 Å². The summed E-state index contributed by atoms with van der Waals surface area (Å²) in [6.45, 7) is 2.21. The quantitative estimate of drug-likeness (QED) is 0.651. The van der Waals surface area contributed by atoms with Crippen molar-refractivity contribution in [2.75, 3.05) is 33.0 Å². The topological polar surface area (TPSA) is 107 Å². The summed E-state index contributed by atoms with van der Waals surface area (Å²) in [4.78, 5) is 14.9. The number of amides is 1. The van der Waals surface area contributed by atoms with Crippen LogP contribution in [0, 0.1) is 0 Å². The fraction of sp³-hybridized carbons (Fsp3) is 0.421. The number of phenolic OH excluding ortho intramolecular Hbond substituents is 1. The molecule has 3 rings (SSSR count). The molecule has 0 saturated carbocycles. The number of alkyl halides is 3. The Morgan fingerprint density at radius 1 is 1.31 bits per heavy atom. The Labute approximate surface area is 185 Å². The lowest BCUT2D eigenvalue weighted by Gasteiger charge is -2.24. The maximum Gasteiger partial charge on any atom is 0.417 e. The summed E-state index contributed by atoms with van der Waals surface area (Å²) >= 11 is -1.95. The number of amidine groups is 2. The van der Waals surface area contributed by atoms with Crippen molar-refractivity contribution in [3.8, 4) is 5.75 Å². The van der Waals surface area contributed by atoms with Crippen molar-refractivity contribution >= 4 is 34.4 Å². The monoisotopic (exact) mass is 473 g/mol. The lowest BCUT2D eigenvalue weighted by molar-refractivity contribution is -0.138. The van der Waals surface area contributed by atoms with Crippen LogP contribution in [0.25, 0.3) is 0 Å². The molecular formula is C19H22F3N5O4S. The van der Waals surface area contributed by atoms with Gasteiger partial charge in [-0.1, -0.05) is 0 Å². The van der Waals surface area contributed by atoms with E-state index in [1.54, 1.807) is 11.9 Å². The molecule has 0 fully saturated rings. The number of phenols is 1. The Bertz CT molecular complexity index is 1050. The smallest absolute Gasteiger partial charge is 0.417 e. The van der Waals surface area contributed by atoms with Gasteiger partial charge in [0.25, 0.3) is 17.1 Å². The largest absolute Gasteiger partial charge is 0.505 e. The number of aromatic hydroxyl groups is 1. The van der Waals surface area contributed by atoms with Crippen molar-refractivity contribution in [3.63, 3.8) is 0 Å². The van der Waals surface area contributed by atoms with E-state index in [2.05, 4.69) is 14.1 Å². The molecule has 2 unspecified atom stereocenters. The van der Waals surface area contributed by atoms with Crippen LogP contribution in [-0.4, -0.2) is 70.5 Å². The number of nitrogens with zero attached hydrogens (tertiary/aromatic N) is 4. The maximum absolute atomic E-state index is 13.4. The van der Waals surface area contributed by atoms with Crippen LogP contribution in [0.5, 0.6) is 5.75 Å². The fourth-order valence-corrected chi connectivity index (χ4v) is 3.94. The number of hydrogen-bond acceptors (Lipinski definition) is 6. The van der Waals surface area contributed by atoms with Crippen LogP contribution in [0.1, 0.15) is 29.3 Å². The van der Waals surface area contributed by atoms with Crippen LogP contribution in [0.3, 0.4) is 0 Å². The number of benzene rings is 1. The second kappa shape index (κ2) is 8.81. The van der Waals surface area contributed by atoms with E-state index in [9.17, 15) is 27.3 Å². The van der Waals surface area contributed by atoms with E-state index in [-0.39, 0.29) is 23.5 Å². The minimum atomic E-state index is -4.86. The van der Waals surface area contributed by atoms with E-state index in [1.165, 1.54) is 14.1 Å². The van der Waals surface area contributed by atoms with Gasteiger partial charge in [-0.05, 0) is 25.1 Å². The highest BCUT2D eigenvalue weighted by molar-refractivity contribution is 7.83. The Morgan fingerprint density at radius 3 is 2.56 bits per heavy atom. The summed E-state index contributed by atoms with van der Waals surface area (Å²) < 4.78 is 65.6. The second-order valence-corrected chi connectivity index (χ2v) is 8.29. The molecule has 0 aromatic heterocycles. The lowest BCUT2D eigenvalue weighted by Crippen LogP contribution is -2.40. The van der Waals surface area contributed by atoms with Crippen LogP contribution in [0.4, 0.5) is 18.9 Å². The first kappa shape index (κ1) is 23.6. The molecule has 32 heavy (non-hydrogen) atoms. The molecule has 9 nitrogen and oxygen atoms in total. The number of ether oxygens (including phenoxy) is 1. The van der Waals surface area contributed by atoms with Crippen molar-refractivity contribution in [1.82, 2.24) is 9.80 Å². The van der Waals surface area contributed by atoms with E-state index in [1.807, 2.05) is 13.0 Å². The molecule has 1 amide bonds. The predicted octanol–water partition coefficient (Wildman–Crippen LogP) is 2.54. The van der Waals surface area contributed by atoms with Gasteiger partial charge >= 0.3 is 6.18 Å². The highest BCUT2D eigenvalue weighted by Gasteiger charge is 2.38. The first-order valence-electron chi connectivity index (χ1n) is 9.44. The predicted molar refractivity (Wildman–Crippen MR) is 114 cm³/mol. The summed E-state index contributed by atoms with van der Waals surface area (Å²) in [6.07, 6.45) is -2.39. The number of carbonyl (C=O) groups is 1. The molecule has 1 aromatic rings. The molecule has 174 valence electrons. The fourth-order valence-electron chi connectivity index (χ4n) is 3.24. The molecule has 2 aliphatic rings. The third-order valence-electron chi connectivity index (χ3n) is 4.76. The molecule has 0 spiro atoms. The zero-order valence-electron chi connectivity index (χ0n) is 17.7. The van der Waals surface area contributed by atoms with E-state index in [0.29, 0.717) is 19.0 Å². The summed E-state index contributed by atoms with van der Waals surface area (Å²) in [7, 11) is 4.21. The zero-order chi connectivity index (χ0) is 23.8. The van der Waals surface area contributed by atoms with Crippen molar-refractivity contribution in [2.45, 2.75) is 25.6 Å². The van der Waals surface area contributed by atoms with E-state index >= 15 is 0 Å². The molecule has 2 heterocycles. The van der Waals surface area contributed by atoms with Gasteiger partial charge in [-0.3, -0.25) is 4.79 Å². The molecule has 0 saturated heterocycles. The van der Waals surface area contributed by atoms with Crippen molar-refractivity contribution in [1.29, 1.82) is 0 Å². The molecule has 2 N–H and O–H groups in total. The number of carbonyl (C=O) groups excluding carboxylic acids is 1. The minimum absolute atomic E-state index is 0.0215. The molecular weight excluding hydrogens is 451 g/mol. The van der Waals surface area contributed by atoms with Crippen LogP contribution in [0.15, 0.2) is 32.8 Å². The number of hydrogen-bond donors (Lipinski definition) is 2. The first-order valence-corrected chi connectivity index (χ1v) is 10.5. The Morgan fingerprint density at radius 2 is 2.00 bits per heavy atom. The maximum atomic E-state index is 13.4. The van der Waals surface area contributed by atoms with Gasteiger partial charge in [0.2, 0.25) is 0 Å². The van der Waals surface area contributed by atoms with Gasteiger partial charge in [0, 0.05) is 27.6 Å². The number of nitrogens with one attached hydrogen (secondary N) is 1. The third-order valence-corrected chi connectivity index (χ3v) is 5.43. The number of allylic oxidation sites excluding steroid dienone is 1. The van der Waals surface area contributed by atoms with E-state index < -0.39 is 40.1 Å². The van der Waals surface area contributed by atoms with Gasteiger partial charge in [-0.25, -0.2) is 4.21 Å². The summed E-state index contributed by atoms with van der Waals surface area (Å²) in [5, 5.41) is 13.2. The second-order valence-electron chi connectivity index (χ2n) is 7.46. The van der Waals surface area contributed by atoms with Gasteiger partial charge in [-0.15, -0.1) is 8.80 Å². The number of halogens is 3. The molecule has 0 aliphatic carbocycles. The summed E-state index contributed by atoms with van der Waals surface area (Å²) in [5.41, 5.74) is -2.39. The summed E-state index contributed by atoms with van der Waals surface area (Å²) in [5.74, 6) is -0.981. The highest BCUT2D eigenvalue weighted by Crippen LogP contribution is 2.40. The van der Waals surface area contributed by atoms with Gasteiger partial charge in [0.1, 0.15) is 6.10 Å². The highest BCUT2D eigenvalue weighted by atomic mass is 32.2. The number of rotatable bonds is 4. The van der Waals surface area contributed by atoms with Crippen LogP contribution in [-0.2, 0) is 22.1 Å². The van der Waals surface area contributed by atoms with Gasteiger partial charge < -0.3 is 25.0 Å². The Hall–Kier alpha value is -3.09. The molecule has 0 bridgehead atoms. The standard InChI is InChI=1S/C19H22F3N5O4S/c1-10-5-6-11(31-10)9-27(4)17-16(24-32(30)25-17)23-13-8-7-12(19(20,21)22)14(15(13)28)18(29)26(2)3/h5,7-8,11,28H,6,9H2,1-4H3,(H,23,24).